The molecule has 1 aliphatic rings. The summed E-state index contributed by atoms with van der Waals surface area (Å²) < 4.78 is 0. The van der Waals surface area contributed by atoms with Crippen molar-refractivity contribution in [3.05, 3.63) is 0 Å². The summed E-state index contributed by atoms with van der Waals surface area (Å²) in [5.41, 5.74) is 0. The largest absolute Gasteiger partial charge is 0.341 e. The van der Waals surface area contributed by atoms with Crippen LogP contribution in [0.2, 0.25) is 0 Å². The highest BCUT2D eigenvalue weighted by atomic mass is 16.2. The third kappa shape index (κ3) is 4.79. The van der Waals surface area contributed by atoms with Gasteiger partial charge in [0.2, 0.25) is 5.91 Å². The first-order valence-electron chi connectivity index (χ1n) is 6.65. The van der Waals surface area contributed by atoms with Gasteiger partial charge in [-0.25, -0.2) is 0 Å². The molecule has 1 amide bonds. The monoisotopic (exact) mass is 236 g/mol. The summed E-state index contributed by atoms with van der Waals surface area (Å²) >= 11 is 0. The van der Waals surface area contributed by atoms with Crippen LogP contribution in [0.3, 0.4) is 0 Å². The van der Waals surface area contributed by atoms with Gasteiger partial charge in [0.05, 0.1) is 12.1 Å². The Bertz CT molecular complexity index is 272. The molecular formula is C14H24N2O. The number of amides is 1. The molecule has 96 valence electrons. The Morgan fingerprint density at radius 1 is 1.35 bits per heavy atom. The first-order chi connectivity index (χ1) is 8.15. The van der Waals surface area contributed by atoms with Gasteiger partial charge in [0.15, 0.2) is 0 Å². The summed E-state index contributed by atoms with van der Waals surface area (Å²) in [4.78, 5) is 12.1. The fourth-order valence-electron chi connectivity index (χ4n) is 2.08. The lowest BCUT2D eigenvalue weighted by Gasteiger charge is -2.24. The van der Waals surface area contributed by atoms with E-state index in [0.717, 1.165) is 25.8 Å². The minimum atomic E-state index is -0.158. The molecule has 1 saturated heterocycles. The lowest BCUT2D eigenvalue weighted by atomic mass is 10.0. The van der Waals surface area contributed by atoms with Gasteiger partial charge in [-0.15, -0.1) is 6.42 Å². The van der Waals surface area contributed by atoms with Gasteiger partial charge in [0.1, 0.15) is 0 Å². The van der Waals surface area contributed by atoms with Crippen LogP contribution in [-0.4, -0.2) is 24.5 Å². The van der Waals surface area contributed by atoms with Crippen molar-refractivity contribution >= 4 is 5.91 Å². The van der Waals surface area contributed by atoms with E-state index >= 15 is 0 Å². The number of hydrogen-bond acceptors (Lipinski definition) is 2. The van der Waals surface area contributed by atoms with E-state index < -0.39 is 0 Å². The van der Waals surface area contributed by atoms with Crippen molar-refractivity contribution in [2.75, 3.05) is 6.54 Å². The summed E-state index contributed by atoms with van der Waals surface area (Å²) in [6, 6.07) is -0.223. The molecular weight excluding hydrogens is 212 g/mol. The van der Waals surface area contributed by atoms with E-state index in [2.05, 4.69) is 16.6 Å². The second kappa shape index (κ2) is 7.34. The van der Waals surface area contributed by atoms with Gasteiger partial charge in [-0.3, -0.25) is 4.79 Å². The maximum atomic E-state index is 12.1. The molecule has 3 heteroatoms. The Morgan fingerprint density at radius 3 is 2.71 bits per heavy atom. The smallest absolute Gasteiger partial charge is 0.238 e. The highest BCUT2D eigenvalue weighted by Gasteiger charge is 2.21. The molecule has 0 aliphatic carbocycles. The molecule has 0 bridgehead atoms. The van der Waals surface area contributed by atoms with Crippen molar-refractivity contribution < 1.29 is 4.79 Å². The second-order valence-corrected chi connectivity index (χ2v) is 5.11. The molecule has 1 fully saturated rings. The van der Waals surface area contributed by atoms with Crippen molar-refractivity contribution in [1.82, 2.24) is 10.6 Å². The summed E-state index contributed by atoms with van der Waals surface area (Å²) in [6.07, 6.45) is 11.1. The molecule has 2 N–H and O–H groups in total. The van der Waals surface area contributed by atoms with Crippen LogP contribution >= 0.6 is 0 Å². The molecule has 0 saturated carbocycles. The van der Waals surface area contributed by atoms with E-state index in [1.165, 1.54) is 12.8 Å². The Kier molecular flexibility index (Phi) is 6.07. The second-order valence-electron chi connectivity index (χ2n) is 5.11. The predicted molar refractivity (Wildman–Crippen MR) is 70.5 cm³/mol. The lowest BCUT2D eigenvalue weighted by Crippen LogP contribution is -2.49. The molecule has 0 radical (unpaired) electrons. The maximum absolute atomic E-state index is 12.1. The molecule has 1 heterocycles. The lowest BCUT2D eigenvalue weighted by molar-refractivity contribution is -0.124. The van der Waals surface area contributed by atoms with Crippen molar-refractivity contribution in [2.45, 2.75) is 58.0 Å². The first-order valence-corrected chi connectivity index (χ1v) is 6.65. The highest BCUT2D eigenvalue weighted by Crippen LogP contribution is 2.10. The van der Waals surface area contributed by atoms with Crippen LogP contribution in [0, 0.1) is 18.3 Å². The van der Waals surface area contributed by atoms with Crippen LogP contribution in [0.4, 0.5) is 0 Å². The van der Waals surface area contributed by atoms with Gasteiger partial charge < -0.3 is 10.6 Å². The van der Waals surface area contributed by atoms with Crippen molar-refractivity contribution in [2.24, 2.45) is 5.92 Å². The van der Waals surface area contributed by atoms with Gasteiger partial charge in [-0.05, 0) is 25.3 Å². The van der Waals surface area contributed by atoms with Crippen molar-refractivity contribution in [1.29, 1.82) is 0 Å². The first kappa shape index (κ1) is 14.1. The summed E-state index contributed by atoms with van der Waals surface area (Å²) in [6.45, 7) is 4.98. The van der Waals surface area contributed by atoms with E-state index in [1.54, 1.807) is 0 Å². The number of carbonyl (C=O) groups is 1. The molecule has 17 heavy (non-hydrogen) atoms. The molecule has 0 aromatic rings. The Labute approximate surface area is 105 Å². The summed E-state index contributed by atoms with van der Waals surface area (Å²) in [5.74, 6) is 2.97. The van der Waals surface area contributed by atoms with E-state index in [4.69, 9.17) is 6.42 Å². The third-order valence-corrected chi connectivity index (χ3v) is 3.27. The van der Waals surface area contributed by atoms with Crippen LogP contribution in [0.25, 0.3) is 0 Å². The number of carbonyl (C=O) groups excluding carboxylic acids is 1. The average Bonchev–Trinajstić information content (AvgIpc) is 2.24. The van der Waals surface area contributed by atoms with Gasteiger partial charge in [-0.2, -0.15) is 0 Å². The number of rotatable bonds is 3. The normalized spacial score (nSPS) is 23.3. The molecule has 0 aromatic carbocycles. The Hall–Kier alpha value is -1.01. The van der Waals surface area contributed by atoms with Crippen LogP contribution in [0.5, 0.6) is 0 Å². The topological polar surface area (TPSA) is 41.1 Å². The zero-order chi connectivity index (χ0) is 12.7. The standard InChI is InChI=1S/C14H24N2O/c1-4-12(11(2)3)16-14(17)13-9-7-5-6-8-10-15-13/h1,11-13,15H,5-10H2,2-3H3,(H,16,17). The molecule has 2 atom stereocenters. The van der Waals surface area contributed by atoms with Crippen LogP contribution < -0.4 is 10.6 Å². The van der Waals surface area contributed by atoms with Gasteiger partial charge in [0.25, 0.3) is 0 Å². The zero-order valence-electron chi connectivity index (χ0n) is 11.0. The molecule has 0 spiro atoms. The SMILES string of the molecule is C#CC(NC(=O)C1CCCCCCN1)C(C)C. The quantitative estimate of drug-likeness (QED) is 0.732. The fraction of sp³-hybridized carbons (Fsp3) is 0.786. The highest BCUT2D eigenvalue weighted by molar-refractivity contribution is 5.82. The van der Waals surface area contributed by atoms with Crippen LogP contribution in [-0.2, 0) is 4.79 Å². The molecule has 2 unspecified atom stereocenters. The van der Waals surface area contributed by atoms with E-state index in [0.29, 0.717) is 0 Å². The molecule has 3 nitrogen and oxygen atoms in total. The molecule has 1 rings (SSSR count). The minimum absolute atomic E-state index is 0.0588. The van der Waals surface area contributed by atoms with Crippen LogP contribution in [0.15, 0.2) is 0 Å². The maximum Gasteiger partial charge on any atom is 0.238 e. The zero-order valence-corrected chi connectivity index (χ0v) is 11.0. The number of nitrogens with one attached hydrogen (secondary N) is 2. The van der Waals surface area contributed by atoms with E-state index in [-0.39, 0.29) is 23.9 Å². The van der Waals surface area contributed by atoms with Crippen molar-refractivity contribution in [3.63, 3.8) is 0 Å². The Balaban J connectivity index is 2.47. The summed E-state index contributed by atoms with van der Waals surface area (Å²) in [7, 11) is 0. The van der Waals surface area contributed by atoms with Crippen molar-refractivity contribution in [3.8, 4) is 12.3 Å². The van der Waals surface area contributed by atoms with E-state index in [1.807, 2.05) is 13.8 Å². The van der Waals surface area contributed by atoms with Gasteiger partial charge >= 0.3 is 0 Å². The van der Waals surface area contributed by atoms with Crippen LogP contribution in [0.1, 0.15) is 46.0 Å². The number of terminal acetylenes is 1. The van der Waals surface area contributed by atoms with Gasteiger partial charge in [0, 0.05) is 0 Å². The van der Waals surface area contributed by atoms with Gasteiger partial charge in [-0.1, -0.05) is 39.0 Å². The average molecular weight is 236 g/mol. The Morgan fingerprint density at radius 2 is 2.06 bits per heavy atom. The molecule has 0 aromatic heterocycles. The predicted octanol–water partition coefficient (Wildman–Crippen LogP) is 1.68. The minimum Gasteiger partial charge on any atom is -0.341 e. The molecule has 1 aliphatic heterocycles. The fourth-order valence-corrected chi connectivity index (χ4v) is 2.08. The van der Waals surface area contributed by atoms with E-state index in [9.17, 15) is 4.79 Å². The summed E-state index contributed by atoms with van der Waals surface area (Å²) in [5, 5.41) is 6.26. The third-order valence-electron chi connectivity index (χ3n) is 3.27. The number of hydrogen-bond donors (Lipinski definition) is 2.